The lowest BCUT2D eigenvalue weighted by atomic mass is 9.97. The second-order valence-corrected chi connectivity index (χ2v) is 6.92. The van der Waals surface area contributed by atoms with Crippen molar-refractivity contribution in [1.29, 1.82) is 5.26 Å². The number of hydrogen-bond donors (Lipinski definition) is 1. The maximum absolute atomic E-state index is 12.6. The fourth-order valence-electron chi connectivity index (χ4n) is 2.65. The van der Waals surface area contributed by atoms with Gasteiger partial charge >= 0.3 is 0 Å². The lowest BCUT2D eigenvalue weighted by Gasteiger charge is -2.17. The van der Waals surface area contributed by atoms with Gasteiger partial charge in [-0.05, 0) is 18.5 Å². The number of benzene rings is 1. The third kappa shape index (κ3) is 3.08. The Bertz CT molecular complexity index is 769. The highest BCUT2D eigenvalue weighted by atomic mass is 35.5. The van der Waals surface area contributed by atoms with Crippen LogP contribution < -0.4 is 10.2 Å². The highest BCUT2D eigenvalue weighted by Crippen LogP contribution is 2.35. The average Bonchev–Trinajstić information content (AvgIpc) is 3.18. The van der Waals surface area contributed by atoms with Crippen molar-refractivity contribution in [3.05, 3.63) is 35.5 Å². The minimum atomic E-state index is -0.204. The van der Waals surface area contributed by atoms with Gasteiger partial charge in [0.05, 0.1) is 10.8 Å². The number of carbonyl (C=O) groups is 1. The molecule has 3 rings (SSSR count). The number of nitriles is 1. The molecule has 1 aliphatic heterocycles. The molecule has 23 heavy (non-hydrogen) atoms. The molecule has 1 aliphatic rings. The number of anilines is 1. The first kappa shape index (κ1) is 15.9. The summed E-state index contributed by atoms with van der Waals surface area (Å²) in [5.41, 5.74) is 0.846. The fourth-order valence-corrected chi connectivity index (χ4v) is 3.86. The van der Waals surface area contributed by atoms with Crippen molar-refractivity contribution in [2.75, 3.05) is 18.0 Å². The molecule has 2 heterocycles. The summed E-state index contributed by atoms with van der Waals surface area (Å²) in [4.78, 5) is 18.8. The fraction of sp³-hybridized carbons (Fsp3) is 0.312. The largest absolute Gasteiger partial charge is 0.316 e. The molecule has 1 fully saturated rings. The molecule has 0 radical (unpaired) electrons. The van der Waals surface area contributed by atoms with Gasteiger partial charge in [-0.25, -0.2) is 4.98 Å². The van der Waals surface area contributed by atoms with E-state index in [-0.39, 0.29) is 17.7 Å². The highest BCUT2D eigenvalue weighted by molar-refractivity contribution is 7.19. The number of amides is 1. The number of halogens is 1. The van der Waals surface area contributed by atoms with Crippen LogP contribution in [0.1, 0.15) is 6.92 Å². The zero-order valence-corrected chi connectivity index (χ0v) is 14.1. The first-order chi connectivity index (χ1) is 11.1. The van der Waals surface area contributed by atoms with E-state index in [0.29, 0.717) is 16.7 Å². The predicted molar refractivity (Wildman–Crippen MR) is 91.2 cm³/mol. The first-order valence-electron chi connectivity index (χ1n) is 7.27. The normalized spacial score (nSPS) is 20.2. The van der Waals surface area contributed by atoms with Crippen LogP contribution in [0.2, 0.25) is 5.02 Å². The van der Waals surface area contributed by atoms with Crippen LogP contribution in [-0.2, 0) is 4.79 Å². The van der Waals surface area contributed by atoms with Crippen LogP contribution in [0, 0.1) is 23.3 Å². The molecule has 2 atom stereocenters. The van der Waals surface area contributed by atoms with Crippen molar-refractivity contribution in [3.63, 3.8) is 0 Å². The molecule has 1 aromatic heterocycles. The smallest absolute Gasteiger partial charge is 0.246 e. The van der Waals surface area contributed by atoms with E-state index in [4.69, 9.17) is 11.6 Å². The molecule has 0 saturated carbocycles. The van der Waals surface area contributed by atoms with E-state index in [1.54, 1.807) is 12.3 Å². The molecule has 0 spiro atoms. The molecule has 5 nitrogen and oxygen atoms in total. The third-order valence-electron chi connectivity index (χ3n) is 3.98. The van der Waals surface area contributed by atoms with Gasteiger partial charge in [0.25, 0.3) is 0 Å². The molecule has 1 amide bonds. The number of aromatic nitrogens is 1. The van der Waals surface area contributed by atoms with Gasteiger partial charge in [-0.15, -0.1) is 0 Å². The summed E-state index contributed by atoms with van der Waals surface area (Å²) in [7, 11) is 0. The molecule has 1 saturated heterocycles. The lowest BCUT2D eigenvalue weighted by Crippen LogP contribution is -2.35. The van der Waals surface area contributed by atoms with Gasteiger partial charge in [0.2, 0.25) is 11.0 Å². The van der Waals surface area contributed by atoms with Crippen LogP contribution in [0.15, 0.2) is 30.5 Å². The van der Waals surface area contributed by atoms with Crippen molar-refractivity contribution < 1.29 is 4.79 Å². The zero-order valence-electron chi connectivity index (χ0n) is 12.5. The van der Waals surface area contributed by atoms with Gasteiger partial charge in [0, 0.05) is 23.3 Å². The van der Waals surface area contributed by atoms with E-state index in [1.165, 1.54) is 11.3 Å². The SMILES string of the molecule is C[C@@H]1CNC[C@H]1C(=O)N(C#N)c1ncc(-c2ccccc2Cl)s1. The number of hydrogen-bond acceptors (Lipinski definition) is 5. The minimum absolute atomic E-state index is 0.192. The predicted octanol–water partition coefficient (Wildman–Crippen LogP) is 3.13. The second kappa shape index (κ2) is 6.67. The molecule has 7 heteroatoms. The van der Waals surface area contributed by atoms with E-state index >= 15 is 0 Å². The van der Waals surface area contributed by atoms with Crippen LogP contribution in [0.5, 0.6) is 0 Å². The summed E-state index contributed by atoms with van der Waals surface area (Å²) in [6, 6.07) is 7.43. The number of thiazole rings is 1. The Hall–Kier alpha value is -1.94. The summed E-state index contributed by atoms with van der Waals surface area (Å²) in [5, 5.41) is 13.6. The minimum Gasteiger partial charge on any atom is -0.316 e. The van der Waals surface area contributed by atoms with Gasteiger partial charge in [-0.2, -0.15) is 10.2 Å². The number of nitrogens with one attached hydrogen (secondary N) is 1. The van der Waals surface area contributed by atoms with Crippen molar-refractivity contribution in [1.82, 2.24) is 10.3 Å². The molecule has 0 bridgehead atoms. The maximum Gasteiger partial charge on any atom is 0.246 e. The van der Waals surface area contributed by atoms with Gasteiger partial charge in [-0.1, -0.05) is 48.1 Å². The van der Waals surface area contributed by atoms with Crippen LogP contribution in [0.25, 0.3) is 10.4 Å². The van der Waals surface area contributed by atoms with E-state index in [0.717, 1.165) is 21.9 Å². The van der Waals surface area contributed by atoms with Crippen molar-refractivity contribution in [2.24, 2.45) is 11.8 Å². The number of nitrogens with zero attached hydrogens (tertiary/aromatic N) is 3. The van der Waals surface area contributed by atoms with Crippen molar-refractivity contribution >= 4 is 34.0 Å². The number of carbonyl (C=O) groups excluding carboxylic acids is 1. The average molecular weight is 347 g/mol. The topological polar surface area (TPSA) is 69.0 Å². The third-order valence-corrected chi connectivity index (χ3v) is 5.32. The monoisotopic (exact) mass is 346 g/mol. The summed E-state index contributed by atoms with van der Waals surface area (Å²) in [6.07, 6.45) is 3.61. The van der Waals surface area contributed by atoms with Crippen LogP contribution in [-0.4, -0.2) is 24.0 Å². The molecule has 1 aromatic carbocycles. The molecular formula is C16H15ClN4OS. The first-order valence-corrected chi connectivity index (χ1v) is 8.46. The Labute approximate surface area is 143 Å². The Morgan fingerprint density at radius 3 is 2.91 bits per heavy atom. The molecule has 0 unspecified atom stereocenters. The lowest BCUT2D eigenvalue weighted by molar-refractivity contribution is -0.122. The zero-order chi connectivity index (χ0) is 16.4. The Kier molecular flexibility index (Phi) is 4.62. The van der Waals surface area contributed by atoms with Crippen molar-refractivity contribution in [3.8, 4) is 16.6 Å². The molecular weight excluding hydrogens is 332 g/mol. The molecule has 2 aromatic rings. The maximum atomic E-state index is 12.6. The van der Waals surface area contributed by atoms with E-state index in [1.807, 2.05) is 31.3 Å². The standard InChI is InChI=1S/C16H15ClN4OS/c1-10-6-19-7-12(10)15(22)21(9-18)16-20-8-14(23-16)11-4-2-3-5-13(11)17/h2-5,8,10,12,19H,6-7H2,1H3/t10-,12-/m1/s1. The van der Waals surface area contributed by atoms with Gasteiger partial charge in [0.1, 0.15) is 0 Å². The van der Waals surface area contributed by atoms with Crippen molar-refractivity contribution in [2.45, 2.75) is 6.92 Å². The Balaban J connectivity index is 1.88. The van der Waals surface area contributed by atoms with Gasteiger partial charge < -0.3 is 5.32 Å². The molecule has 118 valence electrons. The summed E-state index contributed by atoms with van der Waals surface area (Å²) in [6.45, 7) is 3.40. The highest BCUT2D eigenvalue weighted by Gasteiger charge is 2.34. The van der Waals surface area contributed by atoms with Crippen LogP contribution in [0.3, 0.4) is 0 Å². The molecule has 1 N–H and O–H groups in total. The van der Waals surface area contributed by atoms with Gasteiger partial charge in [-0.3, -0.25) is 4.79 Å². The Morgan fingerprint density at radius 1 is 1.48 bits per heavy atom. The summed E-state index contributed by atoms with van der Waals surface area (Å²) >= 11 is 7.48. The van der Waals surface area contributed by atoms with Gasteiger partial charge in [0.15, 0.2) is 6.19 Å². The van der Waals surface area contributed by atoms with E-state index in [2.05, 4.69) is 10.3 Å². The summed E-state index contributed by atoms with van der Waals surface area (Å²) < 4.78 is 0. The number of rotatable bonds is 3. The summed E-state index contributed by atoms with van der Waals surface area (Å²) in [5.74, 6) is -0.186. The van der Waals surface area contributed by atoms with E-state index < -0.39 is 0 Å². The second-order valence-electron chi connectivity index (χ2n) is 5.50. The van der Waals surface area contributed by atoms with Crippen LogP contribution in [0.4, 0.5) is 5.13 Å². The van der Waals surface area contributed by atoms with E-state index in [9.17, 15) is 10.1 Å². The quantitative estimate of drug-likeness (QED) is 0.684. The Morgan fingerprint density at radius 2 is 2.26 bits per heavy atom. The van der Waals surface area contributed by atoms with Crippen LogP contribution >= 0.6 is 22.9 Å². The molecule has 0 aliphatic carbocycles.